The first-order valence-electron chi connectivity index (χ1n) is 4.85. The van der Waals surface area contributed by atoms with Crippen molar-refractivity contribution < 1.29 is 31.4 Å². The Morgan fingerprint density at radius 3 is 2.53 bits per heavy atom. The van der Waals surface area contributed by atoms with E-state index < -0.39 is 28.7 Å². The van der Waals surface area contributed by atoms with Gasteiger partial charge in [-0.3, -0.25) is 4.72 Å². The smallest absolute Gasteiger partial charge is 0.402 e. The van der Waals surface area contributed by atoms with E-state index in [0.29, 0.717) is 0 Å². The number of hydrogen-bond acceptors (Lipinski definition) is 4. The number of hydrogen-bond donors (Lipinski definition) is 3. The van der Waals surface area contributed by atoms with Crippen LogP contribution >= 0.6 is 0 Å². The van der Waals surface area contributed by atoms with Gasteiger partial charge in [0.15, 0.2) is 0 Å². The molecule has 0 atom stereocenters. The van der Waals surface area contributed by atoms with E-state index in [2.05, 4.69) is 0 Å². The van der Waals surface area contributed by atoms with E-state index in [1.54, 1.807) is 4.72 Å². The van der Waals surface area contributed by atoms with Crippen LogP contribution in [0.5, 0.6) is 11.5 Å². The van der Waals surface area contributed by atoms with Crippen LogP contribution in [0.3, 0.4) is 0 Å². The number of benzene rings is 1. The Balaban J connectivity index is 2.90. The fourth-order valence-corrected chi connectivity index (χ4v) is 2.04. The van der Waals surface area contributed by atoms with Gasteiger partial charge < -0.3 is 9.84 Å². The molecule has 3 N–H and O–H groups in total. The number of halogens is 3. The van der Waals surface area contributed by atoms with Gasteiger partial charge in [0.05, 0.1) is 7.11 Å². The molecule has 0 saturated carbocycles. The first-order valence-corrected chi connectivity index (χ1v) is 6.33. The lowest BCUT2D eigenvalue weighted by Crippen LogP contribution is -2.37. The zero-order valence-corrected chi connectivity index (χ0v) is 10.5. The van der Waals surface area contributed by atoms with E-state index in [9.17, 15) is 26.7 Å². The summed E-state index contributed by atoms with van der Waals surface area (Å²) in [6.45, 7) is -1.72. The highest BCUT2D eigenvalue weighted by molar-refractivity contribution is 7.90. The summed E-state index contributed by atoms with van der Waals surface area (Å²) in [7, 11) is -3.26. The monoisotopic (exact) mass is 300 g/mol. The molecule has 0 unspecified atom stereocenters. The minimum Gasteiger partial charge on any atom is -0.506 e. The van der Waals surface area contributed by atoms with Crippen LogP contribution in [0, 0.1) is 0 Å². The summed E-state index contributed by atoms with van der Waals surface area (Å²) in [5.41, 5.74) is -0.348. The van der Waals surface area contributed by atoms with Crippen molar-refractivity contribution >= 4 is 15.9 Å². The van der Waals surface area contributed by atoms with Gasteiger partial charge in [-0.25, -0.2) is 0 Å². The molecule has 1 rings (SSSR count). The Labute approximate surface area is 107 Å². The standard InChI is InChI=1S/C9H11F3N2O4S/c1-18-7-4-2-3-6(15)8(7)14-19(16,17)13-5-9(10,11)12/h2-4,13-15H,5H2,1H3. The van der Waals surface area contributed by atoms with E-state index in [0.717, 1.165) is 6.07 Å². The molecular weight excluding hydrogens is 289 g/mol. The van der Waals surface area contributed by atoms with Crippen molar-refractivity contribution in [1.29, 1.82) is 0 Å². The maximum Gasteiger partial charge on any atom is 0.402 e. The summed E-state index contributed by atoms with van der Waals surface area (Å²) in [6, 6.07) is 3.88. The summed E-state index contributed by atoms with van der Waals surface area (Å²) in [5, 5.41) is 9.46. The number of phenols is 1. The largest absolute Gasteiger partial charge is 0.506 e. The van der Waals surface area contributed by atoms with E-state index >= 15 is 0 Å². The molecule has 0 saturated heterocycles. The maximum atomic E-state index is 11.9. The van der Waals surface area contributed by atoms with Gasteiger partial charge in [0.1, 0.15) is 23.7 Å². The fourth-order valence-electron chi connectivity index (χ4n) is 1.14. The van der Waals surface area contributed by atoms with Crippen molar-refractivity contribution in [3.63, 3.8) is 0 Å². The number of rotatable bonds is 5. The molecule has 10 heteroatoms. The van der Waals surface area contributed by atoms with E-state index in [1.165, 1.54) is 24.0 Å². The van der Waals surface area contributed by atoms with Crippen LogP contribution < -0.4 is 14.2 Å². The molecule has 0 spiro atoms. The van der Waals surface area contributed by atoms with Crippen LogP contribution in [-0.4, -0.2) is 33.4 Å². The molecule has 0 heterocycles. The molecule has 1 aromatic carbocycles. The van der Waals surface area contributed by atoms with Crippen molar-refractivity contribution in [2.24, 2.45) is 0 Å². The summed E-state index contributed by atoms with van der Waals surface area (Å²) in [6.07, 6.45) is -4.68. The number of alkyl halides is 3. The number of phenolic OH excluding ortho intramolecular Hbond substituents is 1. The van der Waals surface area contributed by atoms with Crippen molar-refractivity contribution in [1.82, 2.24) is 4.72 Å². The summed E-state index contributed by atoms with van der Waals surface area (Å²) < 4.78 is 66.4. The second kappa shape index (κ2) is 5.53. The zero-order chi connectivity index (χ0) is 14.7. The minimum atomic E-state index is -4.68. The van der Waals surface area contributed by atoms with Gasteiger partial charge in [-0.15, -0.1) is 0 Å². The van der Waals surface area contributed by atoms with E-state index in [4.69, 9.17) is 4.74 Å². The second-order valence-corrected chi connectivity index (χ2v) is 4.90. The third kappa shape index (κ3) is 4.83. The zero-order valence-electron chi connectivity index (χ0n) is 9.65. The maximum absolute atomic E-state index is 11.9. The first kappa shape index (κ1) is 15.4. The van der Waals surface area contributed by atoms with Crippen LogP contribution in [0.25, 0.3) is 0 Å². The Hall–Kier alpha value is -1.68. The topological polar surface area (TPSA) is 87.7 Å². The third-order valence-corrected chi connectivity index (χ3v) is 2.92. The molecule has 0 radical (unpaired) electrons. The van der Waals surface area contributed by atoms with Crippen LogP contribution in [0.1, 0.15) is 0 Å². The summed E-state index contributed by atoms with van der Waals surface area (Å²) in [4.78, 5) is 0. The van der Waals surface area contributed by atoms with Crippen molar-refractivity contribution in [2.45, 2.75) is 6.18 Å². The van der Waals surface area contributed by atoms with E-state index in [1.807, 2.05) is 0 Å². The fraction of sp³-hybridized carbons (Fsp3) is 0.333. The molecule has 1 aromatic rings. The number of methoxy groups -OCH3 is 1. The lowest BCUT2D eigenvalue weighted by atomic mass is 10.3. The number of aromatic hydroxyl groups is 1. The van der Waals surface area contributed by atoms with Gasteiger partial charge in [0.25, 0.3) is 10.2 Å². The van der Waals surface area contributed by atoms with Gasteiger partial charge in [-0.05, 0) is 12.1 Å². The molecule has 0 aliphatic rings. The molecule has 6 nitrogen and oxygen atoms in total. The Morgan fingerprint density at radius 1 is 1.37 bits per heavy atom. The SMILES string of the molecule is COc1cccc(O)c1NS(=O)(=O)NCC(F)(F)F. The van der Waals surface area contributed by atoms with Crippen LogP contribution in [0.4, 0.5) is 18.9 Å². The molecule has 0 aromatic heterocycles. The predicted molar refractivity (Wildman–Crippen MR) is 61.3 cm³/mol. The second-order valence-electron chi connectivity index (χ2n) is 3.40. The highest BCUT2D eigenvalue weighted by atomic mass is 32.2. The van der Waals surface area contributed by atoms with Crippen LogP contribution in [-0.2, 0) is 10.2 Å². The van der Waals surface area contributed by atoms with Crippen LogP contribution in [0.2, 0.25) is 0 Å². The first-order chi connectivity index (χ1) is 8.64. The quantitative estimate of drug-likeness (QED) is 0.713. The van der Waals surface area contributed by atoms with Gasteiger partial charge in [0.2, 0.25) is 0 Å². The highest BCUT2D eigenvalue weighted by Gasteiger charge is 2.30. The molecular formula is C9H11F3N2O4S. The molecule has 0 amide bonds. The molecule has 0 aliphatic heterocycles. The van der Waals surface area contributed by atoms with Crippen molar-refractivity contribution in [3.05, 3.63) is 18.2 Å². The molecule has 0 fully saturated rings. The lowest BCUT2D eigenvalue weighted by molar-refractivity contribution is -0.121. The summed E-state index contributed by atoms with van der Waals surface area (Å²) >= 11 is 0. The number of ether oxygens (including phenoxy) is 1. The highest BCUT2D eigenvalue weighted by Crippen LogP contribution is 2.33. The van der Waals surface area contributed by atoms with E-state index in [-0.39, 0.29) is 11.4 Å². The average Bonchev–Trinajstić information content (AvgIpc) is 2.28. The van der Waals surface area contributed by atoms with Gasteiger partial charge >= 0.3 is 6.18 Å². The molecule has 0 bridgehead atoms. The minimum absolute atomic E-state index is 0.0302. The predicted octanol–water partition coefficient (Wildman–Crippen LogP) is 1.21. The van der Waals surface area contributed by atoms with Gasteiger partial charge in [-0.1, -0.05) is 6.07 Å². The number of para-hydroxylation sites is 1. The molecule has 19 heavy (non-hydrogen) atoms. The van der Waals surface area contributed by atoms with Gasteiger partial charge in [0, 0.05) is 0 Å². The lowest BCUT2D eigenvalue weighted by Gasteiger charge is -2.14. The third-order valence-electron chi connectivity index (χ3n) is 1.92. The Kier molecular flexibility index (Phi) is 4.48. The Bertz CT molecular complexity index is 545. The van der Waals surface area contributed by atoms with Gasteiger partial charge in [-0.2, -0.15) is 26.3 Å². The number of anilines is 1. The molecule has 108 valence electrons. The molecule has 0 aliphatic carbocycles. The number of nitrogens with one attached hydrogen (secondary N) is 2. The normalized spacial score (nSPS) is 12.2. The van der Waals surface area contributed by atoms with Crippen molar-refractivity contribution in [3.8, 4) is 11.5 Å². The average molecular weight is 300 g/mol. The van der Waals surface area contributed by atoms with Crippen molar-refractivity contribution in [2.75, 3.05) is 18.4 Å². The summed E-state index contributed by atoms with van der Waals surface area (Å²) in [5.74, 6) is -0.505. The Morgan fingerprint density at radius 2 is 2.00 bits per heavy atom. The van der Waals surface area contributed by atoms with Crippen LogP contribution in [0.15, 0.2) is 18.2 Å².